The molecule has 2 aromatic rings. The number of hydrogen-bond donors (Lipinski definition) is 2. The zero-order chi connectivity index (χ0) is 17.5. The van der Waals surface area contributed by atoms with E-state index in [1.165, 1.54) is 6.07 Å². The molecule has 0 aromatic heterocycles. The van der Waals surface area contributed by atoms with Crippen LogP contribution in [0.2, 0.25) is 0 Å². The van der Waals surface area contributed by atoms with Crippen LogP contribution in [0.4, 0.5) is 19.3 Å². The third-order valence-corrected chi connectivity index (χ3v) is 3.63. The lowest BCUT2D eigenvalue weighted by atomic mass is 10.0. The van der Waals surface area contributed by atoms with Crippen molar-refractivity contribution in [2.24, 2.45) is 0 Å². The van der Waals surface area contributed by atoms with Crippen LogP contribution in [0.1, 0.15) is 24.0 Å². The smallest absolute Gasteiger partial charge is 0.387 e. The number of alkyl halides is 2. The maximum Gasteiger partial charge on any atom is 0.387 e. The molecule has 0 fully saturated rings. The number of rotatable bonds is 6. The molecule has 4 nitrogen and oxygen atoms in total. The number of urea groups is 1. The van der Waals surface area contributed by atoms with Gasteiger partial charge < -0.3 is 15.4 Å². The number of amides is 2. The first-order chi connectivity index (χ1) is 11.5. The Bertz CT molecular complexity index is 678. The van der Waals surface area contributed by atoms with Gasteiger partial charge in [0.2, 0.25) is 0 Å². The molecule has 2 rings (SSSR count). The molecule has 24 heavy (non-hydrogen) atoms. The second-order valence-electron chi connectivity index (χ2n) is 5.47. The third kappa shape index (κ3) is 4.94. The number of halogens is 2. The molecule has 0 saturated heterocycles. The van der Waals surface area contributed by atoms with E-state index in [0.29, 0.717) is 12.1 Å². The topological polar surface area (TPSA) is 50.4 Å². The number of benzene rings is 2. The van der Waals surface area contributed by atoms with Crippen molar-refractivity contribution in [3.63, 3.8) is 0 Å². The molecule has 128 valence electrons. The second kappa shape index (κ2) is 8.29. The lowest BCUT2D eigenvalue weighted by Crippen LogP contribution is -2.32. The Kier molecular flexibility index (Phi) is 6.12. The number of anilines is 1. The fourth-order valence-electron chi connectivity index (χ4n) is 2.30. The van der Waals surface area contributed by atoms with Gasteiger partial charge in [-0.05, 0) is 30.0 Å². The van der Waals surface area contributed by atoms with E-state index in [2.05, 4.69) is 15.4 Å². The van der Waals surface area contributed by atoms with Crippen LogP contribution in [-0.4, -0.2) is 19.2 Å². The number of nitrogens with one attached hydrogen (secondary N) is 2. The first-order valence-electron chi connectivity index (χ1n) is 7.61. The van der Waals surface area contributed by atoms with Gasteiger partial charge in [0, 0.05) is 6.54 Å². The van der Waals surface area contributed by atoms with E-state index in [-0.39, 0.29) is 17.4 Å². The molecule has 0 spiro atoms. The van der Waals surface area contributed by atoms with Crippen LogP contribution in [0.3, 0.4) is 0 Å². The minimum atomic E-state index is -2.95. The number of hydrogen-bond acceptors (Lipinski definition) is 2. The van der Waals surface area contributed by atoms with E-state index >= 15 is 0 Å². The number of carbonyl (C=O) groups excluding carboxylic acids is 1. The van der Waals surface area contributed by atoms with E-state index in [9.17, 15) is 13.6 Å². The highest BCUT2D eigenvalue weighted by Gasteiger charge is 2.14. The van der Waals surface area contributed by atoms with Crippen LogP contribution in [0.25, 0.3) is 0 Å². The van der Waals surface area contributed by atoms with Crippen molar-refractivity contribution < 1.29 is 18.3 Å². The summed E-state index contributed by atoms with van der Waals surface area (Å²) >= 11 is 0. The van der Waals surface area contributed by atoms with Gasteiger partial charge in [-0.25, -0.2) is 4.79 Å². The summed E-state index contributed by atoms with van der Waals surface area (Å²) in [6.45, 7) is 1.18. The molecule has 0 saturated carbocycles. The number of ether oxygens (including phenoxy) is 1. The summed E-state index contributed by atoms with van der Waals surface area (Å²) < 4.78 is 29.4. The van der Waals surface area contributed by atoms with Gasteiger partial charge in [-0.3, -0.25) is 0 Å². The van der Waals surface area contributed by atoms with Gasteiger partial charge in [-0.15, -0.1) is 0 Å². The molecule has 0 aliphatic carbocycles. The van der Waals surface area contributed by atoms with E-state index in [0.717, 1.165) is 5.56 Å². The van der Waals surface area contributed by atoms with Crippen molar-refractivity contribution in [2.75, 3.05) is 11.9 Å². The van der Waals surface area contributed by atoms with Gasteiger partial charge in [-0.1, -0.05) is 49.4 Å². The Morgan fingerprint density at radius 3 is 2.50 bits per heavy atom. The number of carbonyl (C=O) groups is 1. The Morgan fingerprint density at radius 2 is 1.83 bits per heavy atom. The van der Waals surface area contributed by atoms with E-state index in [1.807, 2.05) is 37.3 Å². The Labute approximate surface area is 139 Å². The first kappa shape index (κ1) is 17.7. The van der Waals surface area contributed by atoms with Crippen molar-refractivity contribution in [1.29, 1.82) is 0 Å². The van der Waals surface area contributed by atoms with Gasteiger partial charge in [0.15, 0.2) is 0 Å². The zero-order valence-electron chi connectivity index (χ0n) is 13.6. The van der Waals surface area contributed by atoms with Crippen LogP contribution in [0.15, 0.2) is 48.5 Å². The highest BCUT2D eigenvalue weighted by molar-refractivity contribution is 5.91. The lowest BCUT2D eigenvalue weighted by Gasteiger charge is -2.16. The number of aryl methyl sites for hydroxylation is 1. The van der Waals surface area contributed by atoms with Crippen molar-refractivity contribution >= 4 is 11.7 Å². The highest BCUT2D eigenvalue weighted by Crippen LogP contribution is 2.29. The van der Waals surface area contributed by atoms with Crippen molar-refractivity contribution in [1.82, 2.24) is 5.32 Å². The van der Waals surface area contributed by atoms with E-state index in [4.69, 9.17) is 0 Å². The third-order valence-electron chi connectivity index (χ3n) is 3.63. The maximum atomic E-state index is 12.5. The summed E-state index contributed by atoms with van der Waals surface area (Å²) in [5.41, 5.74) is 1.98. The average molecular weight is 334 g/mol. The molecule has 0 aliphatic heterocycles. The summed E-state index contributed by atoms with van der Waals surface area (Å²) in [4.78, 5) is 12.1. The predicted molar refractivity (Wildman–Crippen MR) is 89.7 cm³/mol. The van der Waals surface area contributed by atoms with Crippen LogP contribution >= 0.6 is 0 Å². The molecular weight excluding hydrogens is 314 g/mol. The molecule has 6 heteroatoms. The molecule has 2 aromatic carbocycles. The lowest BCUT2D eigenvalue weighted by molar-refractivity contribution is -0.0493. The van der Waals surface area contributed by atoms with Crippen LogP contribution in [0.5, 0.6) is 5.75 Å². The fraction of sp³-hybridized carbons (Fsp3) is 0.278. The van der Waals surface area contributed by atoms with Crippen molar-refractivity contribution in [3.8, 4) is 5.75 Å². The molecule has 2 amide bonds. The number of para-hydroxylation sites is 1. The van der Waals surface area contributed by atoms with E-state index < -0.39 is 12.6 Å². The minimum Gasteiger partial charge on any atom is -0.433 e. The molecule has 0 radical (unpaired) electrons. The molecule has 1 atom stereocenters. The van der Waals surface area contributed by atoms with Gasteiger partial charge >= 0.3 is 12.6 Å². The predicted octanol–water partition coefficient (Wildman–Crippen LogP) is 4.52. The molecule has 0 bridgehead atoms. The second-order valence-corrected chi connectivity index (χ2v) is 5.47. The Hall–Kier alpha value is -2.63. The average Bonchev–Trinajstić information content (AvgIpc) is 2.56. The maximum absolute atomic E-state index is 12.5. The van der Waals surface area contributed by atoms with Crippen molar-refractivity contribution in [2.45, 2.75) is 26.4 Å². The monoisotopic (exact) mass is 334 g/mol. The molecule has 0 heterocycles. The van der Waals surface area contributed by atoms with E-state index in [1.54, 1.807) is 19.1 Å². The molecule has 0 aliphatic rings. The quantitative estimate of drug-likeness (QED) is 0.816. The zero-order valence-corrected chi connectivity index (χ0v) is 13.6. The van der Waals surface area contributed by atoms with Gasteiger partial charge in [0.1, 0.15) is 5.75 Å². The van der Waals surface area contributed by atoms with Gasteiger partial charge in [0.05, 0.1) is 5.69 Å². The standard InChI is InChI=1S/C18H20F2N2O2/c1-12-7-6-10-15(24-17(19)20)16(12)22-18(23)21-11-13(2)14-8-4-3-5-9-14/h3-10,13,17H,11H2,1-2H3,(H2,21,22,23). The first-order valence-corrected chi connectivity index (χ1v) is 7.61. The van der Waals surface area contributed by atoms with Gasteiger partial charge in [-0.2, -0.15) is 8.78 Å². The summed E-state index contributed by atoms with van der Waals surface area (Å²) in [5.74, 6) is 0.0712. The fourth-order valence-corrected chi connectivity index (χ4v) is 2.30. The molecule has 2 N–H and O–H groups in total. The van der Waals surface area contributed by atoms with Crippen molar-refractivity contribution in [3.05, 3.63) is 59.7 Å². The minimum absolute atomic E-state index is 0.0590. The highest BCUT2D eigenvalue weighted by atomic mass is 19.3. The van der Waals surface area contributed by atoms with Crippen LogP contribution in [0, 0.1) is 6.92 Å². The molecule has 1 unspecified atom stereocenters. The summed E-state index contributed by atoms with van der Waals surface area (Å²) in [6.07, 6.45) is 0. The SMILES string of the molecule is Cc1cccc(OC(F)F)c1NC(=O)NCC(C)c1ccccc1. The summed E-state index contributed by atoms with van der Waals surface area (Å²) in [5, 5.41) is 5.33. The normalized spacial score (nSPS) is 11.9. The van der Waals surface area contributed by atoms with Crippen LogP contribution < -0.4 is 15.4 Å². The molecular formula is C18H20F2N2O2. The Balaban J connectivity index is 1.97. The summed E-state index contributed by atoms with van der Waals surface area (Å²) in [7, 11) is 0. The largest absolute Gasteiger partial charge is 0.433 e. The summed E-state index contributed by atoms with van der Waals surface area (Å²) in [6, 6.07) is 14.0. The van der Waals surface area contributed by atoms with Crippen LogP contribution in [-0.2, 0) is 0 Å². The van der Waals surface area contributed by atoms with Gasteiger partial charge in [0.25, 0.3) is 0 Å². The Morgan fingerprint density at radius 1 is 1.12 bits per heavy atom.